The SMILES string of the molecule is CCN(c1ccc(C(=O)O)cc1)c1cc2c(c(C(C)(C)C(C)C)c1)OCC2. The van der Waals surface area contributed by atoms with Crippen molar-refractivity contribution in [3.8, 4) is 5.75 Å². The molecule has 0 amide bonds. The second kappa shape index (κ2) is 7.26. The van der Waals surface area contributed by atoms with E-state index in [9.17, 15) is 4.79 Å². The van der Waals surface area contributed by atoms with Gasteiger partial charge in [-0.1, -0.05) is 27.7 Å². The topological polar surface area (TPSA) is 49.8 Å². The zero-order chi connectivity index (χ0) is 19.8. The van der Waals surface area contributed by atoms with Gasteiger partial charge in [0.05, 0.1) is 12.2 Å². The highest BCUT2D eigenvalue weighted by Crippen LogP contribution is 2.44. The number of nitrogens with zero attached hydrogens (tertiary/aromatic N) is 1. The van der Waals surface area contributed by atoms with Gasteiger partial charge in [-0.05, 0) is 60.2 Å². The van der Waals surface area contributed by atoms with E-state index in [-0.39, 0.29) is 5.41 Å². The second-order valence-electron chi connectivity index (χ2n) is 8.05. The largest absolute Gasteiger partial charge is 0.493 e. The van der Waals surface area contributed by atoms with Gasteiger partial charge in [-0.25, -0.2) is 4.79 Å². The lowest BCUT2D eigenvalue weighted by atomic mass is 9.74. The molecular weight excluding hydrogens is 338 g/mol. The van der Waals surface area contributed by atoms with E-state index < -0.39 is 5.97 Å². The van der Waals surface area contributed by atoms with Crippen LogP contribution < -0.4 is 9.64 Å². The predicted molar refractivity (Wildman–Crippen MR) is 110 cm³/mol. The Balaban J connectivity index is 2.08. The Hall–Kier alpha value is -2.49. The van der Waals surface area contributed by atoms with Gasteiger partial charge in [0, 0.05) is 29.9 Å². The summed E-state index contributed by atoms with van der Waals surface area (Å²) in [6, 6.07) is 11.6. The van der Waals surface area contributed by atoms with Gasteiger partial charge in [0.2, 0.25) is 0 Å². The fourth-order valence-corrected chi connectivity index (χ4v) is 3.53. The van der Waals surface area contributed by atoms with Crippen molar-refractivity contribution in [2.75, 3.05) is 18.1 Å². The molecule has 1 N–H and O–H groups in total. The Kier molecular flexibility index (Phi) is 5.18. The Morgan fingerprint density at radius 2 is 1.85 bits per heavy atom. The number of benzene rings is 2. The van der Waals surface area contributed by atoms with Crippen molar-refractivity contribution in [3.63, 3.8) is 0 Å². The first-order valence-corrected chi connectivity index (χ1v) is 9.66. The van der Waals surface area contributed by atoms with Crippen molar-refractivity contribution in [3.05, 3.63) is 53.1 Å². The van der Waals surface area contributed by atoms with Gasteiger partial charge in [-0.3, -0.25) is 0 Å². The van der Waals surface area contributed by atoms with E-state index in [1.54, 1.807) is 12.1 Å². The van der Waals surface area contributed by atoms with Crippen LogP contribution in [0.4, 0.5) is 11.4 Å². The molecule has 1 aliphatic rings. The summed E-state index contributed by atoms with van der Waals surface area (Å²) in [5, 5.41) is 9.14. The first kappa shape index (κ1) is 19.3. The third-order valence-corrected chi connectivity index (χ3v) is 5.96. The van der Waals surface area contributed by atoms with Crippen molar-refractivity contribution >= 4 is 17.3 Å². The highest BCUT2D eigenvalue weighted by molar-refractivity contribution is 5.88. The first-order chi connectivity index (χ1) is 12.8. The van der Waals surface area contributed by atoms with Crippen LogP contribution in [0.15, 0.2) is 36.4 Å². The second-order valence-corrected chi connectivity index (χ2v) is 8.05. The summed E-state index contributed by atoms with van der Waals surface area (Å²) >= 11 is 0. The maximum absolute atomic E-state index is 11.1. The van der Waals surface area contributed by atoms with E-state index >= 15 is 0 Å². The van der Waals surface area contributed by atoms with Gasteiger partial charge in [0.1, 0.15) is 5.75 Å². The molecule has 27 heavy (non-hydrogen) atoms. The molecule has 2 aromatic rings. The van der Waals surface area contributed by atoms with E-state index in [2.05, 4.69) is 51.7 Å². The Morgan fingerprint density at radius 1 is 1.19 bits per heavy atom. The standard InChI is InChI=1S/C23H29NO3/c1-6-24(18-9-7-16(8-10-18)22(25)26)19-13-17-11-12-27-21(17)20(14-19)23(4,5)15(2)3/h7-10,13-15H,6,11-12H2,1-5H3,(H,25,26). The average molecular weight is 367 g/mol. The van der Waals surface area contributed by atoms with Crippen molar-refractivity contribution < 1.29 is 14.6 Å². The molecule has 0 aliphatic carbocycles. The molecule has 0 saturated heterocycles. The van der Waals surface area contributed by atoms with E-state index in [0.717, 1.165) is 36.7 Å². The number of carboxylic acids is 1. The monoisotopic (exact) mass is 367 g/mol. The van der Waals surface area contributed by atoms with Crippen LogP contribution in [0.2, 0.25) is 0 Å². The molecule has 0 atom stereocenters. The molecule has 1 heterocycles. The third-order valence-electron chi connectivity index (χ3n) is 5.96. The van der Waals surface area contributed by atoms with Gasteiger partial charge < -0.3 is 14.7 Å². The zero-order valence-electron chi connectivity index (χ0n) is 16.9. The molecule has 144 valence electrons. The van der Waals surface area contributed by atoms with Crippen LogP contribution in [0, 0.1) is 5.92 Å². The lowest BCUT2D eigenvalue weighted by Gasteiger charge is -2.33. The summed E-state index contributed by atoms with van der Waals surface area (Å²) < 4.78 is 6.00. The summed E-state index contributed by atoms with van der Waals surface area (Å²) in [7, 11) is 0. The molecule has 2 aromatic carbocycles. The maximum atomic E-state index is 11.1. The number of hydrogen-bond acceptors (Lipinski definition) is 3. The molecule has 1 aliphatic heterocycles. The van der Waals surface area contributed by atoms with Crippen LogP contribution in [0.5, 0.6) is 5.75 Å². The van der Waals surface area contributed by atoms with Crippen LogP contribution in [0.25, 0.3) is 0 Å². The molecule has 3 rings (SSSR count). The van der Waals surface area contributed by atoms with E-state index in [4.69, 9.17) is 9.84 Å². The fraction of sp³-hybridized carbons (Fsp3) is 0.435. The summed E-state index contributed by atoms with van der Waals surface area (Å²) in [5.74, 6) is 0.626. The van der Waals surface area contributed by atoms with Crippen molar-refractivity contribution in [1.29, 1.82) is 0 Å². The smallest absolute Gasteiger partial charge is 0.335 e. The van der Waals surface area contributed by atoms with Crippen molar-refractivity contribution in [2.24, 2.45) is 5.92 Å². The maximum Gasteiger partial charge on any atom is 0.335 e. The highest BCUT2D eigenvalue weighted by Gasteiger charge is 2.32. The molecule has 0 saturated carbocycles. The van der Waals surface area contributed by atoms with Crippen LogP contribution in [0.1, 0.15) is 56.1 Å². The van der Waals surface area contributed by atoms with E-state index in [1.807, 2.05) is 12.1 Å². The molecule has 4 nitrogen and oxygen atoms in total. The normalized spacial score (nSPS) is 13.4. The first-order valence-electron chi connectivity index (χ1n) is 9.66. The summed E-state index contributed by atoms with van der Waals surface area (Å²) in [6.07, 6.45) is 0.930. The molecule has 0 bridgehead atoms. The Bertz CT molecular complexity index is 837. The molecular formula is C23H29NO3. The van der Waals surface area contributed by atoms with Crippen LogP contribution >= 0.6 is 0 Å². The van der Waals surface area contributed by atoms with Crippen LogP contribution in [-0.2, 0) is 11.8 Å². The molecule has 4 heteroatoms. The zero-order valence-corrected chi connectivity index (χ0v) is 16.9. The van der Waals surface area contributed by atoms with Crippen molar-refractivity contribution in [2.45, 2.75) is 46.5 Å². The molecule has 0 radical (unpaired) electrons. The molecule has 0 fully saturated rings. The van der Waals surface area contributed by atoms with Gasteiger partial charge in [-0.2, -0.15) is 0 Å². The van der Waals surface area contributed by atoms with E-state index in [0.29, 0.717) is 11.5 Å². The number of anilines is 2. The predicted octanol–water partition coefficient (Wildman–Crippen LogP) is 5.41. The van der Waals surface area contributed by atoms with Gasteiger partial charge in [0.25, 0.3) is 0 Å². The summed E-state index contributed by atoms with van der Waals surface area (Å²) in [4.78, 5) is 13.4. The number of rotatable bonds is 6. The average Bonchev–Trinajstić information content (AvgIpc) is 3.10. The van der Waals surface area contributed by atoms with Gasteiger partial charge in [-0.15, -0.1) is 0 Å². The fourth-order valence-electron chi connectivity index (χ4n) is 3.53. The number of aromatic carboxylic acids is 1. The van der Waals surface area contributed by atoms with Gasteiger partial charge in [0.15, 0.2) is 0 Å². The molecule has 0 unspecified atom stereocenters. The lowest BCUT2D eigenvalue weighted by molar-refractivity contribution is 0.0697. The van der Waals surface area contributed by atoms with Gasteiger partial charge >= 0.3 is 5.97 Å². The summed E-state index contributed by atoms with van der Waals surface area (Å²) in [5.41, 5.74) is 4.94. The number of carbonyl (C=O) groups is 1. The number of hydrogen-bond donors (Lipinski definition) is 1. The Labute approximate surface area is 161 Å². The number of ether oxygens (including phenoxy) is 1. The minimum absolute atomic E-state index is 0.00297. The van der Waals surface area contributed by atoms with Crippen LogP contribution in [-0.4, -0.2) is 24.2 Å². The minimum Gasteiger partial charge on any atom is -0.493 e. The lowest BCUT2D eigenvalue weighted by Crippen LogP contribution is -2.26. The number of carboxylic acid groups (broad SMARTS) is 1. The summed E-state index contributed by atoms with van der Waals surface area (Å²) in [6.45, 7) is 12.7. The van der Waals surface area contributed by atoms with E-state index in [1.165, 1.54) is 11.1 Å². The molecule has 0 aromatic heterocycles. The molecule has 0 spiro atoms. The third kappa shape index (κ3) is 3.53. The Morgan fingerprint density at radius 3 is 2.41 bits per heavy atom. The number of fused-ring (bicyclic) bond motifs is 1. The quantitative estimate of drug-likeness (QED) is 0.741. The van der Waals surface area contributed by atoms with Crippen LogP contribution in [0.3, 0.4) is 0 Å². The van der Waals surface area contributed by atoms with Crippen molar-refractivity contribution in [1.82, 2.24) is 0 Å². The minimum atomic E-state index is -0.903. The highest BCUT2D eigenvalue weighted by atomic mass is 16.5.